The van der Waals surface area contributed by atoms with Crippen molar-refractivity contribution in [2.75, 3.05) is 45.9 Å². The van der Waals surface area contributed by atoms with Gasteiger partial charge in [-0.15, -0.1) is 6.42 Å². The van der Waals surface area contributed by atoms with E-state index in [0.717, 1.165) is 52.1 Å². The highest BCUT2D eigenvalue weighted by atomic mass is 16.2. The number of rotatable bonds is 5. The predicted molar refractivity (Wildman–Crippen MR) is 58.0 cm³/mol. The molecule has 0 aromatic heterocycles. The Morgan fingerprint density at radius 3 is 2.29 bits per heavy atom. The molecule has 1 N–H and O–H groups in total. The number of hydrogen-bond acceptors (Lipinski definition) is 3. The Bertz CT molecular complexity index is 180. The number of hydrogen-bond donors (Lipinski definition) is 1. The molecule has 1 aliphatic heterocycles. The van der Waals surface area contributed by atoms with Gasteiger partial charge in [-0.3, -0.25) is 4.90 Å². The van der Waals surface area contributed by atoms with Crippen LogP contribution in [-0.4, -0.2) is 60.8 Å². The largest absolute Gasteiger partial charge is 0.396 e. The molecule has 0 atom stereocenters. The first kappa shape index (κ1) is 11.5. The predicted octanol–water partition coefficient (Wildman–Crippen LogP) is 0.00970. The van der Waals surface area contributed by atoms with E-state index in [1.54, 1.807) is 0 Å². The minimum atomic E-state index is 0.317. The molecule has 0 radical (unpaired) electrons. The van der Waals surface area contributed by atoms with Crippen molar-refractivity contribution in [2.24, 2.45) is 0 Å². The normalized spacial score (nSPS) is 19.4. The molecule has 0 bridgehead atoms. The maximum Gasteiger partial charge on any atom is 0.0599 e. The van der Waals surface area contributed by atoms with Crippen molar-refractivity contribution in [3.63, 3.8) is 0 Å². The lowest BCUT2D eigenvalue weighted by molar-refractivity contribution is 0.140. The Morgan fingerprint density at radius 2 is 1.71 bits per heavy atom. The lowest BCUT2D eigenvalue weighted by Crippen LogP contribution is -2.46. The summed E-state index contributed by atoms with van der Waals surface area (Å²) in [6, 6.07) is 0. The van der Waals surface area contributed by atoms with Gasteiger partial charge in [-0.1, -0.05) is 5.92 Å². The number of unbranched alkanes of at least 4 members (excludes halogenated alkanes) is 1. The van der Waals surface area contributed by atoms with Crippen molar-refractivity contribution in [1.82, 2.24) is 9.80 Å². The van der Waals surface area contributed by atoms with Crippen LogP contribution < -0.4 is 0 Å². The molecule has 0 aromatic rings. The molecule has 1 fully saturated rings. The van der Waals surface area contributed by atoms with Gasteiger partial charge in [0.25, 0.3) is 0 Å². The fourth-order valence-corrected chi connectivity index (χ4v) is 1.75. The lowest BCUT2D eigenvalue weighted by Gasteiger charge is -2.33. The first-order valence-electron chi connectivity index (χ1n) is 5.36. The van der Waals surface area contributed by atoms with Crippen molar-refractivity contribution >= 4 is 0 Å². The van der Waals surface area contributed by atoms with Crippen molar-refractivity contribution in [1.29, 1.82) is 0 Å². The van der Waals surface area contributed by atoms with Crippen LogP contribution in [0.2, 0.25) is 0 Å². The van der Waals surface area contributed by atoms with Crippen LogP contribution in [0.3, 0.4) is 0 Å². The van der Waals surface area contributed by atoms with Crippen molar-refractivity contribution in [2.45, 2.75) is 12.8 Å². The minimum Gasteiger partial charge on any atom is -0.396 e. The van der Waals surface area contributed by atoms with Crippen LogP contribution in [0.1, 0.15) is 12.8 Å². The molecule has 1 heterocycles. The van der Waals surface area contributed by atoms with E-state index in [4.69, 9.17) is 11.5 Å². The Labute approximate surface area is 86.7 Å². The van der Waals surface area contributed by atoms with Gasteiger partial charge >= 0.3 is 0 Å². The van der Waals surface area contributed by atoms with E-state index < -0.39 is 0 Å². The Balaban J connectivity index is 2.07. The fraction of sp³-hybridized carbons (Fsp3) is 0.818. The molecule has 3 nitrogen and oxygen atoms in total. The molecule has 1 aliphatic rings. The molecule has 0 spiro atoms. The van der Waals surface area contributed by atoms with Crippen LogP contribution in [0.4, 0.5) is 0 Å². The summed E-state index contributed by atoms with van der Waals surface area (Å²) in [6.07, 6.45) is 7.28. The number of nitrogens with zero attached hydrogens (tertiary/aromatic N) is 2. The summed E-state index contributed by atoms with van der Waals surface area (Å²) in [7, 11) is 0. The van der Waals surface area contributed by atoms with Gasteiger partial charge in [-0.05, 0) is 19.4 Å². The standard InChI is InChI=1S/C11H20N2O/c1-2-5-12-7-9-13(10-8-12)6-3-4-11-14/h1,14H,3-11H2. The zero-order chi connectivity index (χ0) is 10.2. The van der Waals surface area contributed by atoms with Gasteiger partial charge in [0, 0.05) is 32.8 Å². The van der Waals surface area contributed by atoms with E-state index in [9.17, 15) is 0 Å². The van der Waals surface area contributed by atoms with E-state index in [1.165, 1.54) is 0 Å². The third kappa shape index (κ3) is 4.10. The molecule has 14 heavy (non-hydrogen) atoms. The molecule has 0 aromatic carbocycles. The SMILES string of the molecule is C#CCN1CCN(CCCCO)CC1. The van der Waals surface area contributed by atoms with Crippen molar-refractivity contribution in [3.8, 4) is 12.3 Å². The average Bonchev–Trinajstić information content (AvgIpc) is 2.21. The third-order valence-electron chi connectivity index (χ3n) is 2.66. The van der Waals surface area contributed by atoms with E-state index in [2.05, 4.69) is 15.7 Å². The monoisotopic (exact) mass is 196 g/mol. The van der Waals surface area contributed by atoms with Crippen LogP contribution in [0.25, 0.3) is 0 Å². The molecule has 0 saturated carbocycles. The molecular weight excluding hydrogens is 176 g/mol. The highest BCUT2D eigenvalue weighted by Gasteiger charge is 2.14. The zero-order valence-corrected chi connectivity index (χ0v) is 8.78. The molecule has 1 saturated heterocycles. The molecule has 0 aliphatic carbocycles. The van der Waals surface area contributed by atoms with Gasteiger partial charge in [0.2, 0.25) is 0 Å². The highest BCUT2D eigenvalue weighted by molar-refractivity contribution is 4.89. The number of aliphatic hydroxyl groups excluding tert-OH is 1. The fourth-order valence-electron chi connectivity index (χ4n) is 1.75. The van der Waals surface area contributed by atoms with Crippen LogP contribution in [-0.2, 0) is 0 Å². The molecule has 80 valence electrons. The van der Waals surface area contributed by atoms with Gasteiger partial charge < -0.3 is 10.0 Å². The summed E-state index contributed by atoms with van der Waals surface area (Å²) in [4.78, 5) is 4.76. The summed E-state index contributed by atoms with van der Waals surface area (Å²) in [5, 5.41) is 8.66. The molecule has 1 rings (SSSR count). The van der Waals surface area contributed by atoms with E-state index in [-0.39, 0.29) is 0 Å². The first-order valence-corrected chi connectivity index (χ1v) is 5.36. The molecule has 0 amide bonds. The van der Waals surface area contributed by atoms with Crippen LogP contribution in [0.5, 0.6) is 0 Å². The van der Waals surface area contributed by atoms with E-state index >= 15 is 0 Å². The minimum absolute atomic E-state index is 0.317. The smallest absolute Gasteiger partial charge is 0.0599 e. The van der Waals surface area contributed by atoms with Gasteiger partial charge in [0.05, 0.1) is 6.54 Å². The Morgan fingerprint density at radius 1 is 1.07 bits per heavy atom. The molecule has 0 unspecified atom stereocenters. The van der Waals surface area contributed by atoms with E-state index in [0.29, 0.717) is 6.61 Å². The second kappa shape index (κ2) is 6.83. The van der Waals surface area contributed by atoms with Gasteiger partial charge in [-0.25, -0.2) is 0 Å². The molecule has 3 heteroatoms. The van der Waals surface area contributed by atoms with Crippen molar-refractivity contribution in [3.05, 3.63) is 0 Å². The second-order valence-electron chi connectivity index (χ2n) is 3.75. The van der Waals surface area contributed by atoms with E-state index in [1.807, 2.05) is 0 Å². The Kier molecular flexibility index (Phi) is 5.62. The number of terminal acetylenes is 1. The van der Waals surface area contributed by atoms with Gasteiger partial charge in [0.15, 0.2) is 0 Å². The quantitative estimate of drug-likeness (QED) is 0.496. The zero-order valence-electron chi connectivity index (χ0n) is 8.78. The van der Waals surface area contributed by atoms with Gasteiger partial charge in [-0.2, -0.15) is 0 Å². The maximum absolute atomic E-state index is 8.66. The van der Waals surface area contributed by atoms with Crippen LogP contribution in [0.15, 0.2) is 0 Å². The van der Waals surface area contributed by atoms with Crippen LogP contribution in [0, 0.1) is 12.3 Å². The topological polar surface area (TPSA) is 26.7 Å². The highest BCUT2D eigenvalue weighted by Crippen LogP contribution is 2.02. The van der Waals surface area contributed by atoms with Crippen molar-refractivity contribution < 1.29 is 5.11 Å². The lowest BCUT2D eigenvalue weighted by atomic mass is 10.2. The number of piperazine rings is 1. The number of aliphatic hydroxyl groups is 1. The molecular formula is C11H20N2O. The summed E-state index contributed by atoms with van der Waals surface area (Å²) < 4.78 is 0. The second-order valence-corrected chi connectivity index (χ2v) is 3.75. The summed E-state index contributed by atoms with van der Waals surface area (Å²) in [5.74, 6) is 2.68. The summed E-state index contributed by atoms with van der Waals surface area (Å²) in [6.45, 7) is 6.62. The summed E-state index contributed by atoms with van der Waals surface area (Å²) >= 11 is 0. The Hall–Kier alpha value is -0.560. The van der Waals surface area contributed by atoms with Gasteiger partial charge in [0.1, 0.15) is 0 Å². The average molecular weight is 196 g/mol. The first-order chi connectivity index (χ1) is 6.86. The summed E-state index contributed by atoms with van der Waals surface area (Å²) in [5.41, 5.74) is 0. The third-order valence-corrected chi connectivity index (χ3v) is 2.66. The maximum atomic E-state index is 8.66. The van der Waals surface area contributed by atoms with Crippen LogP contribution >= 0.6 is 0 Å².